The van der Waals surface area contributed by atoms with Crippen molar-refractivity contribution in [1.82, 2.24) is 15.1 Å². The quantitative estimate of drug-likeness (QED) is 0.774. The molecule has 2 aliphatic heterocycles. The predicted octanol–water partition coefficient (Wildman–Crippen LogP) is 0.141. The maximum Gasteiger partial charge on any atom is 0.254 e. The van der Waals surface area contributed by atoms with Crippen LogP contribution < -0.4 is 5.32 Å². The number of carbonyl (C=O) groups excluding carboxylic acids is 3. The third-order valence-corrected chi connectivity index (χ3v) is 5.59. The molecule has 1 N–H and O–H groups in total. The second-order valence-electron chi connectivity index (χ2n) is 7.06. The van der Waals surface area contributed by atoms with Crippen molar-refractivity contribution in [2.24, 2.45) is 5.92 Å². The number of ether oxygens (including phenoxy) is 1. The number of nitrogens with zero attached hydrogens (tertiary/aromatic N) is 2. The Morgan fingerprint density at radius 3 is 2.50 bits per heavy atom. The number of rotatable bonds is 5. The first-order valence-electron chi connectivity index (χ1n) is 8.95. The van der Waals surface area contributed by atoms with Gasteiger partial charge in [-0.3, -0.25) is 14.4 Å². The van der Waals surface area contributed by atoms with Crippen LogP contribution in [-0.2, 0) is 19.1 Å². The maximum absolute atomic E-state index is 12.8. The van der Waals surface area contributed by atoms with Gasteiger partial charge in [0, 0.05) is 39.7 Å². The molecule has 0 radical (unpaired) electrons. The molecule has 3 aliphatic rings. The molecule has 3 fully saturated rings. The lowest BCUT2D eigenvalue weighted by molar-refractivity contribution is -0.166. The van der Waals surface area contributed by atoms with Crippen molar-refractivity contribution in [3.05, 3.63) is 0 Å². The molecule has 0 aromatic carbocycles. The predicted molar refractivity (Wildman–Crippen MR) is 87.1 cm³/mol. The van der Waals surface area contributed by atoms with Crippen LogP contribution in [0.3, 0.4) is 0 Å². The lowest BCUT2D eigenvalue weighted by atomic mass is 9.96. The van der Waals surface area contributed by atoms with Crippen LogP contribution >= 0.6 is 0 Å². The molecular weight excluding hydrogens is 310 g/mol. The van der Waals surface area contributed by atoms with Gasteiger partial charge in [-0.2, -0.15) is 0 Å². The van der Waals surface area contributed by atoms with Crippen LogP contribution in [0.25, 0.3) is 0 Å². The molecule has 1 unspecified atom stereocenters. The average Bonchev–Trinajstić information content (AvgIpc) is 3.14. The Hall–Kier alpha value is -1.63. The minimum absolute atomic E-state index is 0.0149. The first-order chi connectivity index (χ1) is 11.5. The first kappa shape index (κ1) is 17.2. The van der Waals surface area contributed by atoms with E-state index in [-0.39, 0.29) is 36.1 Å². The second-order valence-corrected chi connectivity index (χ2v) is 7.06. The van der Waals surface area contributed by atoms with Gasteiger partial charge in [0.25, 0.3) is 5.91 Å². The first-order valence-corrected chi connectivity index (χ1v) is 8.95. The summed E-state index contributed by atoms with van der Waals surface area (Å²) in [5.74, 6) is -0.259. The molecule has 0 aromatic heterocycles. The number of likely N-dealkylation sites (tertiary alicyclic amines) is 2. The summed E-state index contributed by atoms with van der Waals surface area (Å²) in [6, 6.07) is 0.0381. The van der Waals surface area contributed by atoms with Crippen molar-refractivity contribution in [1.29, 1.82) is 0 Å². The van der Waals surface area contributed by atoms with Crippen molar-refractivity contribution in [2.75, 3.05) is 33.3 Å². The Bertz CT molecular complexity index is 524. The van der Waals surface area contributed by atoms with Gasteiger partial charge in [-0.1, -0.05) is 0 Å². The van der Waals surface area contributed by atoms with Gasteiger partial charge < -0.3 is 19.9 Å². The van der Waals surface area contributed by atoms with Crippen molar-refractivity contribution in [3.8, 4) is 0 Å². The Morgan fingerprint density at radius 1 is 1.25 bits per heavy atom. The fourth-order valence-corrected chi connectivity index (χ4v) is 4.21. The van der Waals surface area contributed by atoms with E-state index in [9.17, 15) is 14.4 Å². The molecule has 0 aromatic rings. The van der Waals surface area contributed by atoms with Crippen LogP contribution in [0.4, 0.5) is 0 Å². The van der Waals surface area contributed by atoms with Gasteiger partial charge in [0.05, 0.1) is 12.0 Å². The topological polar surface area (TPSA) is 79.0 Å². The number of carbonyl (C=O) groups is 3. The zero-order valence-corrected chi connectivity index (χ0v) is 14.5. The fourth-order valence-electron chi connectivity index (χ4n) is 4.21. The molecule has 24 heavy (non-hydrogen) atoms. The van der Waals surface area contributed by atoms with E-state index in [1.54, 1.807) is 11.9 Å². The van der Waals surface area contributed by atoms with Gasteiger partial charge in [-0.15, -0.1) is 0 Å². The Kier molecular flexibility index (Phi) is 4.80. The highest BCUT2D eigenvalue weighted by Gasteiger charge is 2.50. The van der Waals surface area contributed by atoms with Crippen molar-refractivity contribution in [3.63, 3.8) is 0 Å². The number of amides is 3. The van der Waals surface area contributed by atoms with Gasteiger partial charge >= 0.3 is 0 Å². The summed E-state index contributed by atoms with van der Waals surface area (Å²) in [6.07, 6.45) is 3.92. The van der Waals surface area contributed by atoms with Gasteiger partial charge in [0.15, 0.2) is 0 Å². The molecule has 1 aliphatic carbocycles. The van der Waals surface area contributed by atoms with E-state index in [1.165, 1.54) is 0 Å². The van der Waals surface area contributed by atoms with Crippen molar-refractivity contribution < 1.29 is 19.1 Å². The summed E-state index contributed by atoms with van der Waals surface area (Å²) < 4.78 is 5.83. The van der Waals surface area contributed by atoms with Crippen LogP contribution in [0.5, 0.6) is 0 Å². The summed E-state index contributed by atoms with van der Waals surface area (Å²) in [5, 5.41) is 2.61. The SMILES string of the molecule is CCOC1(C(=O)N2CC(N3CC(C(=O)NC)CC3=O)C2)CCCC1. The monoisotopic (exact) mass is 337 g/mol. The molecule has 7 nitrogen and oxygen atoms in total. The summed E-state index contributed by atoms with van der Waals surface area (Å²) in [5.41, 5.74) is -0.640. The molecule has 2 heterocycles. The second kappa shape index (κ2) is 6.70. The zero-order valence-electron chi connectivity index (χ0n) is 14.5. The van der Waals surface area contributed by atoms with Crippen molar-refractivity contribution in [2.45, 2.75) is 50.7 Å². The third kappa shape index (κ3) is 2.90. The Balaban J connectivity index is 1.56. The normalized spacial score (nSPS) is 26.6. The Labute approximate surface area is 142 Å². The zero-order chi connectivity index (χ0) is 17.3. The van der Waals surface area contributed by atoms with E-state index in [0.717, 1.165) is 25.7 Å². The van der Waals surface area contributed by atoms with Crippen molar-refractivity contribution >= 4 is 17.7 Å². The van der Waals surface area contributed by atoms with Gasteiger partial charge in [-0.05, 0) is 32.6 Å². The lowest BCUT2D eigenvalue weighted by Crippen LogP contribution is -2.65. The summed E-state index contributed by atoms with van der Waals surface area (Å²) in [6.45, 7) is 4.04. The molecule has 2 saturated heterocycles. The van der Waals surface area contributed by atoms with E-state index in [4.69, 9.17) is 4.74 Å². The standard InChI is InChI=1S/C17H27N3O4/c1-3-24-17(6-4-5-7-17)16(23)19-10-13(11-19)20-9-12(8-14(20)21)15(22)18-2/h12-13H,3-11H2,1-2H3,(H,18,22). The minimum Gasteiger partial charge on any atom is -0.365 e. The highest BCUT2D eigenvalue weighted by atomic mass is 16.5. The van der Waals surface area contributed by atoms with Gasteiger partial charge in [0.1, 0.15) is 5.60 Å². The lowest BCUT2D eigenvalue weighted by Gasteiger charge is -2.47. The summed E-state index contributed by atoms with van der Waals surface area (Å²) >= 11 is 0. The number of hydrogen-bond donors (Lipinski definition) is 1. The molecule has 1 saturated carbocycles. The minimum atomic E-state index is -0.640. The fraction of sp³-hybridized carbons (Fsp3) is 0.824. The molecule has 0 bridgehead atoms. The summed E-state index contributed by atoms with van der Waals surface area (Å²) in [7, 11) is 1.59. The Morgan fingerprint density at radius 2 is 1.92 bits per heavy atom. The number of nitrogens with one attached hydrogen (secondary N) is 1. The van der Waals surface area contributed by atoms with Crippen LogP contribution in [0.2, 0.25) is 0 Å². The maximum atomic E-state index is 12.8. The van der Waals surface area contributed by atoms with E-state index in [0.29, 0.717) is 26.2 Å². The van der Waals surface area contributed by atoms with E-state index < -0.39 is 5.60 Å². The van der Waals surface area contributed by atoms with Crippen LogP contribution in [0, 0.1) is 5.92 Å². The summed E-state index contributed by atoms with van der Waals surface area (Å²) in [4.78, 5) is 40.3. The van der Waals surface area contributed by atoms with Gasteiger partial charge in [-0.25, -0.2) is 0 Å². The molecular formula is C17H27N3O4. The molecule has 134 valence electrons. The molecule has 3 rings (SSSR count). The van der Waals surface area contributed by atoms with Crippen LogP contribution in [0.1, 0.15) is 39.0 Å². The van der Waals surface area contributed by atoms with Crippen LogP contribution in [0.15, 0.2) is 0 Å². The molecule has 7 heteroatoms. The van der Waals surface area contributed by atoms with E-state index in [1.807, 2.05) is 11.8 Å². The highest BCUT2D eigenvalue weighted by molar-refractivity contribution is 5.90. The largest absolute Gasteiger partial charge is 0.365 e. The van der Waals surface area contributed by atoms with Gasteiger partial charge in [0.2, 0.25) is 11.8 Å². The average molecular weight is 337 g/mol. The molecule has 3 amide bonds. The van der Waals surface area contributed by atoms with E-state index in [2.05, 4.69) is 5.32 Å². The smallest absolute Gasteiger partial charge is 0.254 e. The number of hydrogen-bond acceptors (Lipinski definition) is 4. The highest BCUT2D eigenvalue weighted by Crippen LogP contribution is 2.37. The molecule has 0 spiro atoms. The van der Waals surface area contributed by atoms with E-state index >= 15 is 0 Å². The van der Waals surface area contributed by atoms with Crippen LogP contribution in [-0.4, -0.2) is 72.5 Å². The third-order valence-electron chi connectivity index (χ3n) is 5.59. The molecule has 1 atom stereocenters.